The molecule has 1 atom stereocenters. The van der Waals surface area contributed by atoms with Gasteiger partial charge in [0.15, 0.2) is 0 Å². The van der Waals surface area contributed by atoms with E-state index in [0.717, 1.165) is 6.42 Å². The summed E-state index contributed by atoms with van der Waals surface area (Å²) < 4.78 is 1.56. The molecule has 5 heteroatoms. The molecule has 1 aromatic rings. The Kier molecular flexibility index (Phi) is 5.32. The number of hydrogen-bond donors (Lipinski definition) is 2. The maximum absolute atomic E-state index is 11.7. The fourth-order valence-electron chi connectivity index (χ4n) is 1.54. The average molecular weight is 249 g/mol. The van der Waals surface area contributed by atoms with Crippen LogP contribution in [0.5, 0.6) is 0 Å². The van der Waals surface area contributed by atoms with Crippen LogP contribution >= 0.6 is 0 Å². The molecule has 1 unspecified atom stereocenters. The highest BCUT2D eigenvalue weighted by molar-refractivity contribution is 5.94. The molecular weight excluding hydrogens is 230 g/mol. The molecule has 1 amide bonds. The van der Waals surface area contributed by atoms with Gasteiger partial charge in [-0.15, -0.1) is 6.58 Å². The molecule has 0 saturated heterocycles. The number of carbonyl (C=O) groups excluding carboxylic acids is 1. The third-order valence-corrected chi connectivity index (χ3v) is 2.47. The van der Waals surface area contributed by atoms with Crippen LogP contribution in [0.1, 0.15) is 19.8 Å². The van der Waals surface area contributed by atoms with Gasteiger partial charge < -0.3 is 15.6 Å². The minimum Gasteiger partial charge on any atom is -0.323 e. The number of amides is 1. The number of aryl methyl sites for hydroxylation is 1. The highest BCUT2D eigenvalue weighted by Crippen LogP contribution is 2.05. The van der Waals surface area contributed by atoms with Gasteiger partial charge in [-0.2, -0.15) is 0 Å². The predicted molar refractivity (Wildman–Crippen MR) is 72.4 cm³/mol. The maximum Gasteiger partial charge on any atom is 0.250 e. The highest BCUT2D eigenvalue weighted by Gasteiger charge is 2.11. The first-order valence-corrected chi connectivity index (χ1v) is 5.96. The van der Waals surface area contributed by atoms with Crippen LogP contribution in [-0.2, 0) is 11.3 Å². The van der Waals surface area contributed by atoms with Crippen LogP contribution in [-0.4, -0.2) is 16.5 Å². The standard InChI is InChI=1S/C13H19N3O2/c1-3-5-11(14)13(18)15-10-6-7-12(17)16(9-10)8-4-2/h3,6-7,9,11H,1,4-5,8,14H2,2H3,(H,15,18). The lowest BCUT2D eigenvalue weighted by Crippen LogP contribution is -2.35. The topological polar surface area (TPSA) is 77.1 Å². The minimum absolute atomic E-state index is 0.0785. The lowest BCUT2D eigenvalue weighted by molar-refractivity contribution is -0.117. The van der Waals surface area contributed by atoms with Crippen molar-refractivity contribution in [3.8, 4) is 0 Å². The number of rotatable bonds is 6. The number of hydrogen-bond acceptors (Lipinski definition) is 3. The summed E-state index contributed by atoms with van der Waals surface area (Å²) in [4.78, 5) is 23.2. The number of pyridine rings is 1. The summed E-state index contributed by atoms with van der Waals surface area (Å²) in [6, 6.07) is 2.39. The van der Waals surface area contributed by atoms with E-state index in [1.54, 1.807) is 22.9 Å². The fourth-order valence-corrected chi connectivity index (χ4v) is 1.54. The summed E-state index contributed by atoms with van der Waals surface area (Å²) in [7, 11) is 0. The van der Waals surface area contributed by atoms with Crippen molar-refractivity contribution < 1.29 is 4.79 Å². The number of nitrogens with zero attached hydrogens (tertiary/aromatic N) is 1. The molecular formula is C13H19N3O2. The molecule has 0 aliphatic rings. The fraction of sp³-hybridized carbons (Fsp3) is 0.385. The molecule has 0 aliphatic heterocycles. The quantitative estimate of drug-likeness (QED) is 0.741. The van der Waals surface area contributed by atoms with Crippen LogP contribution in [0, 0.1) is 0 Å². The van der Waals surface area contributed by atoms with Crippen molar-refractivity contribution in [3.63, 3.8) is 0 Å². The summed E-state index contributed by atoms with van der Waals surface area (Å²) in [5.41, 5.74) is 6.15. The Morgan fingerprint density at radius 1 is 1.61 bits per heavy atom. The van der Waals surface area contributed by atoms with Crippen molar-refractivity contribution in [1.29, 1.82) is 0 Å². The molecule has 3 N–H and O–H groups in total. The Bertz CT molecular complexity index is 479. The molecule has 0 aromatic carbocycles. The zero-order chi connectivity index (χ0) is 13.5. The Balaban J connectivity index is 2.78. The lowest BCUT2D eigenvalue weighted by atomic mass is 10.2. The third kappa shape index (κ3) is 3.85. The lowest BCUT2D eigenvalue weighted by Gasteiger charge is -2.11. The Morgan fingerprint density at radius 3 is 2.94 bits per heavy atom. The normalized spacial score (nSPS) is 11.9. The molecule has 1 rings (SSSR count). The van der Waals surface area contributed by atoms with Crippen molar-refractivity contribution in [1.82, 2.24) is 4.57 Å². The van der Waals surface area contributed by atoms with Gasteiger partial charge >= 0.3 is 0 Å². The number of anilines is 1. The molecule has 0 radical (unpaired) electrons. The number of carbonyl (C=O) groups is 1. The van der Waals surface area contributed by atoms with Crippen molar-refractivity contribution in [3.05, 3.63) is 41.3 Å². The molecule has 5 nitrogen and oxygen atoms in total. The molecule has 1 aromatic heterocycles. The van der Waals surface area contributed by atoms with Crippen molar-refractivity contribution >= 4 is 11.6 Å². The maximum atomic E-state index is 11.7. The molecule has 1 heterocycles. The molecule has 0 saturated carbocycles. The van der Waals surface area contributed by atoms with Gasteiger partial charge in [-0.1, -0.05) is 13.0 Å². The van der Waals surface area contributed by atoms with Gasteiger partial charge in [-0.25, -0.2) is 0 Å². The van der Waals surface area contributed by atoms with Gasteiger partial charge in [0, 0.05) is 18.8 Å². The molecule has 0 bridgehead atoms. The summed E-state index contributed by atoms with van der Waals surface area (Å²) in [6.45, 7) is 6.14. The van der Waals surface area contributed by atoms with Crippen molar-refractivity contribution in [2.45, 2.75) is 32.4 Å². The number of nitrogens with one attached hydrogen (secondary N) is 1. The van der Waals surface area contributed by atoms with E-state index in [1.165, 1.54) is 6.07 Å². The summed E-state index contributed by atoms with van der Waals surface area (Å²) >= 11 is 0. The molecule has 0 aliphatic carbocycles. The second kappa shape index (κ2) is 6.76. The van der Waals surface area contributed by atoms with Gasteiger partial charge in [0.25, 0.3) is 5.56 Å². The zero-order valence-electron chi connectivity index (χ0n) is 10.6. The van der Waals surface area contributed by atoms with E-state index in [9.17, 15) is 9.59 Å². The van der Waals surface area contributed by atoms with E-state index in [4.69, 9.17) is 5.73 Å². The summed E-state index contributed by atoms with van der Waals surface area (Å²) in [5, 5.41) is 2.68. The van der Waals surface area contributed by atoms with E-state index in [-0.39, 0.29) is 11.5 Å². The summed E-state index contributed by atoms with van der Waals surface area (Å²) in [5.74, 6) is -0.281. The van der Waals surface area contributed by atoms with Gasteiger partial charge in [0.05, 0.1) is 11.7 Å². The van der Waals surface area contributed by atoms with Crippen LogP contribution in [0.25, 0.3) is 0 Å². The van der Waals surface area contributed by atoms with E-state index < -0.39 is 6.04 Å². The van der Waals surface area contributed by atoms with E-state index in [0.29, 0.717) is 18.7 Å². The largest absolute Gasteiger partial charge is 0.323 e. The molecule has 98 valence electrons. The summed E-state index contributed by atoms with van der Waals surface area (Å²) in [6.07, 6.45) is 4.50. The zero-order valence-corrected chi connectivity index (χ0v) is 10.6. The van der Waals surface area contributed by atoms with Gasteiger partial charge in [-0.3, -0.25) is 9.59 Å². The minimum atomic E-state index is -0.617. The predicted octanol–water partition coefficient (Wildman–Crippen LogP) is 1.10. The molecule has 18 heavy (non-hydrogen) atoms. The van der Waals surface area contributed by atoms with E-state index in [2.05, 4.69) is 11.9 Å². The molecule has 0 fully saturated rings. The Morgan fingerprint density at radius 2 is 2.33 bits per heavy atom. The van der Waals surface area contributed by atoms with Gasteiger partial charge in [0.2, 0.25) is 5.91 Å². The van der Waals surface area contributed by atoms with Crippen LogP contribution < -0.4 is 16.6 Å². The Hall–Kier alpha value is -1.88. The van der Waals surface area contributed by atoms with Crippen LogP contribution in [0.3, 0.4) is 0 Å². The van der Waals surface area contributed by atoms with E-state index in [1.807, 2.05) is 6.92 Å². The van der Waals surface area contributed by atoms with Crippen molar-refractivity contribution in [2.75, 3.05) is 5.32 Å². The Labute approximate surface area is 106 Å². The van der Waals surface area contributed by atoms with Crippen LogP contribution in [0.15, 0.2) is 35.8 Å². The molecule has 0 spiro atoms. The van der Waals surface area contributed by atoms with Crippen LogP contribution in [0.4, 0.5) is 5.69 Å². The van der Waals surface area contributed by atoms with E-state index >= 15 is 0 Å². The first kappa shape index (κ1) is 14.2. The first-order chi connectivity index (χ1) is 8.58. The van der Waals surface area contributed by atoms with Crippen molar-refractivity contribution in [2.24, 2.45) is 5.73 Å². The first-order valence-electron chi connectivity index (χ1n) is 5.96. The highest BCUT2D eigenvalue weighted by atomic mass is 16.2. The smallest absolute Gasteiger partial charge is 0.250 e. The van der Waals surface area contributed by atoms with Gasteiger partial charge in [0.1, 0.15) is 0 Å². The second-order valence-electron chi connectivity index (χ2n) is 4.07. The average Bonchev–Trinajstić information content (AvgIpc) is 2.34. The van der Waals surface area contributed by atoms with Crippen LogP contribution in [0.2, 0.25) is 0 Å². The number of aromatic nitrogens is 1. The SMILES string of the molecule is C=CCC(N)C(=O)Nc1ccc(=O)n(CCC)c1. The third-order valence-electron chi connectivity index (χ3n) is 2.47. The number of nitrogens with two attached hydrogens (primary N) is 1. The van der Waals surface area contributed by atoms with Gasteiger partial charge in [-0.05, 0) is 18.9 Å². The second-order valence-corrected chi connectivity index (χ2v) is 4.07. The monoisotopic (exact) mass is 249 g/mol.